The third-order valence-corrected chi connectivity index (χ3v) is 4.17. The molecule has 1 aliphatic rings. The summed E-state index contributed by atoms with van der Waals surface area (Å²) < 4.78 is 5.86. The van der Waals surface area contributed by atoms with Crippen molar-refractivity contribution in [2.45, 2.75) is 77.5 Å². The van der Waals surface area contributed by atoms with Crippen molar-refractivity contribution in [1.29, 1.82) is 0 Å². The second-order valence-corrected chi connectivity index (χ2v) is 5.61. The monoisotopic (exact) mass is 306 g/mol. The van der Waals surface area contributed by atoms with Crippen LogP contribution in [-0.2, 0) is 9.53 Å². The maximum atomic E-state index is 11.9. The summed E-state index contributed by atoms with van der Waals surface area (Å²) in [6.07, 6.45) is 6.09. The van der Waals surface area contributed by atoms with Gasteiger partial charge in [-0.25, -0.2) is 0 Å². The highest BCUT2D eigenvalue weighted by atomic mass is 35.5. The van der Waals surface area contributed by atoms with E-state index in [0.29, 0.717) is 5.92 Å². The molecule has 1 saturated heterocycles. The molecule has 0 aromatic rings. The minimum atomic E-state index is -0.362. The lowest BCUT2D eigenvalue weighted by atomic mass is 9.89. The highest BCUT2D eigenvalue weighted by molar-refractivity contribution is 5.85. The number of carbonyl (C=O) groups is 1. The Hall–Kier alpha value is -0.320. The van der Waals surface area contributed by atoms with Crippen LogP contribution in [0.1, 0.15) is 59.3 Å². The molecule has 0 aliphatic carbocycles. The van der Waals surface area contributed by atoms with E-state index < -0.39 is 0 Å². The molecule has 5 heteroatoms. The molecule has 0 radical (unpaired) electrons. The molecule has 0 spiro atoms. The van der Waals surface area contributed by atoms with Crippen molar-refractivity contribution in [2.24, 2.45) is 11.7 Å². The van der Waals surface area contributed by atoms with Crippen LogP contribution in [-0.4, -0.2) is 30.7 Å². The third-order valence-electron chi connectivity index (χ3n) is 4.17. The molecule has 0 aromatic heterocycles. The maximum absolute atomic E-state index is 11.9. The zero-order valence-electron chi connectivity index (χ0n) is 13.1. The largest absolute Gasteiger partial charge is 0.378 e. The predicted molar refractivity (Wildman–Crippen MR) is 85.1 cm³/mol. The first-order valence-electron chi connectivity index (χ1n) is 7.79. The van der Waals surface area contributed by atoms with Crippen LogP contribution in [0.15, 0.2) is 0 Å². The lowest BCUT2D eigenvalue weighted by molar-refractivity contribution is -0.124. The molecule has 120 valence electrons. The Labute approximate surface area is 129 Å². The Kier molecular flexibility index (Phi) is 10.2. The smallest absolute Gasteiger partial charge is 0.237 e. The van der Waals surface area contributed by atoms with E-state index in [4.69, 9.17) is 10.5 Å². The van der Waals surface area contributed by atoms with Gasteiger partial charge in [-0.05, 0) is 25.2 Å². The summed E-state index contributed by atoms with van der Waals surface area (Å²) in [5.41, 5.74) is 5.85. The molecule has 0 bridgehead atoms. The number of hydrogen-bond acceptors (Lipinski definition) is 3. The van der Waals surface area contributed by atoms with Crippen molar-refractivity contribution < 1.29 is 9.53 Å². The van der Waals surface area contributed by atoms with Crippen LogP contribution >= 0.6 is 12.4 Å². The standard InChI is InChI=1S/C15H30N2O2.ClH/c1-4-7-13(16)15(18)17-12-8-9-19-14(10-12)11(5-2)6-3;/h11-14H,4-10,16H2,1-3H3,(H,17,18);1H. The molecule has 1 fully saturated rings. The van der Waals surface area contributed by atoms with Crippen LogP contribution in [0.25, 0.3) is 0 Å². The van der Waals surface area contributed by atoms with Crippen LogP contribution in [0, 0.1) is 5.92 Å². The van der Waals surface area contributed by atoms with Gasteiger partial charge in [0.15, 0.2) is 0 Å². The van der Waals surface area contributed by atoms with Gasteiger partial charge in [-0.15, -0.1) is 12.4 Å². The SMILES string of the molecule is CCCC(N)C(=O)NC1CCOC(C(CC)CC)C1.Cl. The van der Waals surface area contributed by atoms with E-state index in [1.807, 2.05) is 6.92 Å². The highest BCUT2D eigenvalue weighted by Gasteiger charge is 2.29. The zero-order chi connectivity index (χ0) is 14.3. The minimum Gasteiger partial charge on any atom is -0.378 e. The normalized spacial score (nSPS) is 24.1. The van der Waals surface area contributed by atoms with Crippen LogP contribution < -0.4 is 11.1 Å². The van der Waals surface area contributed by atoms with Gasteiger partial charge in [0.2, 0.25) is 5.91 Å². The summed E-state index contributed by atoms with van der Waals surface area (Å²) in [6, 6.07) is -0.130. The first-order valence-corrected chi connectivity index (χ1v) is 7.79. The van der Waals surface area contributed by atoms with Crippen molar-refractivity contribution >= 4 is 18.3 Å². The van der Waals surface area contributed by atoms with Crippen molar-refractivity contribution in [1.82, 2.24) is 5.32 Å². The number of hydrogen-bond donors (Lipinski definition) is 2. The molecular weight excluding hydrogens is 276 g/mol. The first kappa shape index (κ1) is 19.7. The number of amides is 1. The van der Waals surface area contributed by atoms with Crippen LogP contribution in [0.5, 0.6) is 0 Å². The van der Waals surface area contributed by atoms with E-state index in [0.717, 1.165) is 45.1 Å². The summed E-state index contributed by atoms with van der Waals surface area (Å²) in [5.74, 6) is 0.598. The molecule has 0 saturated carbocycles. The van der Waals surface area contributed by atoms with E-state index in [9.17, 15) is 4.79 Å². The summed E-state index contributed by atoms with van der Waals surface area (Å²) >= 11 is 0. The molecule has 1 rings (SSSR count). The van der Waals surface area contributed by atoms with E-state index in [1.54, 1.807) is 0 Å². The molecule has 1 heterocycles. The fourth-order valence-corrected chi connectivity index (χ4v) is 2.85. The number of ether oxygens (including phenoxy) is 1. The Morgan fingerprint density at radius 1 is 1.35 bits per heavy atom. The van der Waals surface area contributed by atoms with Gasteiger partial charge in [0, 0.05) is 12.6 Å². The summed E-state index contributed by atoms with van der Waals surface area (Å²) in [6.45, 7) is 7.20. The average Bonchev–Trinajstić information content (AvgIpc) is 2.41. The van der Waals surface area contributed by atoms with Gasteiger partial charge >= 0.3 is 0 Å². The van der Waals surface area contributed by atoms with E-state index in [2.05, 4.69) is 19.2 Å². The molecule has 0 aromatic carbocycles. The van der Waals surface area contributed by atoms with E-state index >= 15 is 0 Å². The second-order valence-electron chi connectivity index (χ2n) is 5.61. The number of halogens is 1. The predicted octanol–water partition coefficient (Wildman–Crippen LogP) is 2.64. The molecule has 3 atom stereocenters. The van der Waals surface area contributed by atoms with Crippen molar-refractivity contribution in [3.05, 3.63) is 0 Å². The zero-order valence-corrected chi connectivity index (χ0v) is 13.9. The van der Waals surface area contributed by atoms with Gasteiger partial charge < -0.3 is 15.8 Å². The summed E-state index contributed by atoms with van der Waals surface area (Å²) in [4.78, 5) is 11.9. The quantitative estimate of drug-likeness (QED) is 0.760. The Morgan fingerprint density at radius 2 is 2.00 bits per heavy atom. The average molecular weight is 307 g/mol. The van der Waals surface area contributed by atoms with E-state index in [1.165, 1.54) is 0 Å². The summed E-state index contributed by atoms with van der Waals surface area (Å²) in [7, 11) is 0. The number of rotatable bonds is 7. The third kappa shape index (κ3) is 5.98. The minimum absolute atomic E-state index is 0. The summed E-state index contributed by atoms with van der Waals surface area (Å²) in [5, 5.41) is 3.09. The Bertz CT molecular complexity index is 273. The van der Waals surface area contributed by atoms with Crippen LogP contribution in [0.2, 0.25) is 0 Å². The molecule has 3 N–H and O–H groups in total. The Balaban J connectivity index is 0.00000361. The van der Waals surface area contributed by atoms with Crippen molar-refractivity contribution in [2.75, 3.05) is 6.61 Å². The molecule has 20 heavy (non-hydrogen) atoms. The topological polar surface area (TPSA) is 64.4 Å². The van der Waals surface area contributed by atoms with Gasteiger partial charge in [-0.1, -0.05) is 40.0 Å². The van der Waals surface area contributed by atoms with Crippen LogP contribution in [0.4, 0.5) is 0 Å². The molecular formula is C15H31ClN2O2. The van der Waals surface area contributed by atoms with E-state index in [-0.39, 0.29) is 36.5 Å². The molecule has 1 amide bonds. The van der Waals surface area contributed by atoms with Gasteiger partial charge in [-0.2, -0.15) is 0 Å². The molecule has 3 unspecified atom stereocenters. The number of nitrogens with one attached hydrogen (secondary N) is 1. The first-order chi connectivity index (χ1) is 9.12. The van der Waals surface area contributed by atoms with Gasteiger partial charge in [0.25, 0.3) is 0 Å². The maximum Gasteiger partial charge on any atom is 0.237 e. The Morgan fingerprint density at radius 3 is 2.55 bits per heavy atom. The van der Waals surface area contributed by atoms with Crippen LogP contribution in [0.3, 0.4) is 0 Å². The highest BCUT2D eigenvalue weighted by Crippen LogP contribution is 2.25. The van der Waals surface area contributed by atoms with Gasteiger partial charge in [0.05, 0.1) is 12.1 Å². The lowest BCUT2D eigenvalue weighted by Crippen LogP contribution is -2.49. The molecule has 4 nitrogen and oxygen atoms in total. The lowest BCUT2D eigenvalue weighted by Gasteiger charge is -2.34. The fourth-order valence-electron chi connectivity index (χ4n) is 2.85. The number of nitrogens with two attached hydrogens (primary N) is 1. The van der Waals surface area contributed by atoms with Crippen molar-refractivity contribution in [3.8, 4) is 0 Å². The number of carbonyl (C=O) groups excluding carboxylic acids is 1. The fraction of sp³-hybridized carbons (Fsp3) is 0.933. The second kappa shape index (κ2) is 10.4. The molecule has 1 aliphatic heterocycles. The van der Waals surface area contributed by atoms with Gasteiger partial charge in [0.1, 0.15) is 0 Å². The van der Waals surface area contributed by atoms with Crippen molar-refractivity contribution in [3.63, 3.8) is 0 Å². The van der Waals surface area contributed by atoms with Gasteiger partial charge in [-0.3, -0.25) is 4.79 Å².